The fraction of sp³-hybridized carbons (Fsp3) is 0.900. The van der Waals surface area contributed by atoms with E-state index in [9.17, 15) is 9.59 Å². The molecule has 0 aliphatic rings. The van der Waals surface area contributed by atoms with Crippen LogP contribution in [0.2, 0.25) is 0 Å². The van der Waals surface area contributed by atoms with Crippen LogP contribution < -0.4 is 0 Å². The zero-order valence-electron chi connectivity index (χ0n) is 16.8. The fourth-order valence-electron chi connectivity index (χ4n) is 2.83. The average Bonchev–Trinajstić information content (AvgIpc) is 2.42. The lowest BCUT2D eigenvalue weighted by molar-refractivity contribution is -0.152. The second-order valence-electron chi connectivity index (χ2n) is 8.47. The van der Waals surface area contributed by atoms with Gasteiger partial charge in [-0.3, -0.25) is 9.59 Å². The summed E-state index contributed by atoms with van der Waals surface area (Å²) in [4.78, 5) is 23.6. The predicted molar refractivity (Wildman–Crippen MR) is 97.7 cm³/mol. The lowest BCUT2D eigenvalue weighted by Gasteiger charge is -2.23. The molecule has 0 radical (unpaired) electrons. The van der Waals surface area contributed by atoms with Gasteiger partial charge in [0.2, 0.25) is 0 Å². The molecule has 142 valence electrons. The van der Waals surface area contributed by atoms with Crippen LogP contribution in [0.3, 0.4) is 0 Å². The SMILES string of the molecule is CCCC(OC(=O)CCCC(=O)OCC(C)CC(C)(C)C)C(C)C. The molecule has 0 aliphatic carbocycles. The van der Waals surface area contributed by atoms with Gasteiger partial charge in [0.15, 0.2) is 0 Å². The van der Waals surface area contributed by atoms with Gasteiger partial charge in [-0.15, -0.1) is 0 Å². The highest BCUT2D eigenvalue weighted by Gasteiger charge is 2.18. The molecule has 0 aromatic heterocycles. The standard InChI is InChI=1S/C20H38O4/c1-8-10-17(15(2)3)24-19(22)12-9-11-18(21)23-14-16(4)13-20(5,6)7/h15-17H,8-14H2,1-7H3. The second-order valence-corrected chi connectivity index (χ2v) is 8.47. The largest absolute Gasteiger partial charge is 0.465 e. The van der Waals surface area contributed by atoms with Crippen LogP contribution in [-0.2, 0) is 19.1 Å². The topological polar surface area (TPSA) is 52.6 Å². The van der Waals surface area contributed by atoms with Crippen molar-refractivity contribution in [3.63, 3.8) is 0 Å². The summed E-state index contributed by atoms with van der Waals surface area (Å²) in [6, 6.07) is 0. The number of esters is 2. The van der Waals surface area contributed by atoms with Crippen molar-refractivity contribution in [1.29, 1.82) is 0 Å². The van der Waals surface area contributed by atoms with Crippen molar-refractivity contribution < 1.29 is 19.1 Å². The summed E-state index contributed by atoms with van der Waals surface area (Å²) in [5.41, 5.74) is 0.237. The molecule has 0 N–H and O–H groups in total. The molecule has 0 amide bonds. The summed E-state index contributed by atoms with van der Waals surface area (Å²) in [5.74, 6) is 0.233. The molecule has 2 atom stereocenters. The highest BCUT2D eigenvalue weighted by atomic mass is 16.5. The Bertz CT molecular complexity index is 368. The van der Waals surface area contributed by atoms with Crippen molar-refractivity contribution in [2.24, 2.45) is 17.3 Å². The van der Waals surface area contributed by atoms with Crippen molar-refractivity contribution in [3.8, 4) is 0 Å². The first-order chi connectivity index (χ1) is 11.0. The lowest BCUT2D eigenvalue weighted by atomic mass is 9.86. The lowest BCUT2D eigenvalue weighted by Crippen LogP contribution is -2.23. The monoisotopic (exact) mass is 342 g/mol. The van der Waals surface area contributed by atoms with Crippen LogP contribution in [0.25, 0.3) is 0 Å². The first-order valence-electron chi connectivity index (χ1n) is 9.40. The van der Waals surface area contributed by atoms with Crippen molar-refractivity contribution >= 4 is 11.9 Å². The van der Waals surface area contributed by atoms with E-state index in [1.54, 1.807) is 0 Å². The maximum Gasteiger partial charge on any atom is 0.306 e. The van der Waals surface area contributed by atoms with Crippen LogP contribution in [0.5, 0.6) is 0 Å². The molecule has 4 nitrogen and oxygen atoms in total. The Morgan fingerprint density at radius 2 is 1.58 bits per heavy atom. The summed E-state index contributed by atoms with van der Waals surface area (Å²) in [5, 5.41) is 0. The van der Waals surface area contributed by atoms with Gasteiger partial charge in [-0.1, -0.05) is 54.9 Å². The molecule has 0 aromatic rings. The fourth-order valence-corrected chi connectivity index (χ4v) is 2.83. The van der Waals surface area contributed by atoms with Crippen LogP contribution in [0.1, 0.15) is 87.0 Å². The molecule has 0 bridgehead atoms. The van der Waals surface area contributed by atoms with E-state index < -0.39 is 0 Å². The summed E-state index contributed by atoms with van der Waals surface area (Å²) in [7, 11) is 0. The van der Waals surface area contributed by atoms with Crippen LogP contribution in [0.4, 0.5) is 0 Å². The van der Waals surface area contributed by atoms with Gasteiger partial charge in [0.05, 0.1) is 6.61 Å². The molecule has 0 aromatic carbocycles. The van der Waals surface area contributed by atoms with Gasteiger partial charge < -0.3 is 9.47 Å². The van der Waals surface area contributed by atoms with Gasteiger partial charge >= 0.3 is 11.9 Å². The third-order valence-corrected chi connectivity index (χ3v) is 3.85. The van der Waals surface area contributed by atoms with Crippen LogP contribution >= 0.6 is 0 Å². The Morgan fingerprint density at radius 3 is 2.08 bits per heavy atom. The normalized spacial score (nSPS) is 14.3. The van der Waals surface area contributed by atoms with E-state index >= 15 is 0 Å². The minimum Gasteiger partial charge on any atom is -0.465 e. The number of hydrogen-bond donors (Lipinski definition) is 0. The molecule has 0 fully saturated rings. The van der Waals surface area contributed by atoms with Crippen LogP contribution in [0.15, 0.2) is 0 Å². The van der Waals surface area contributed by atoms with Crippen molar-refractivity contribution in [1.82, 2.24) is 0 Å². The molecule has 24 heavy (non-hydrogen) atoms. The summed E-state index contributed by atoms with van der Waals surface area (Å²) in [6.45, 7) is 15.3. The highest BCUT2D eigenvalue weighted by Crippen LogP contribution is 2.24. The van der Waals surface area contributed by atoms with E-state index in [2.05, 4.69) is 48.5 Å². The van der Waals surface area contributed by atoms with Crippen molar-refractivity contribution in [2.75, 3.05) is 6.61 Å². The molecule has 0 saturated carbocycles. The molecule has 0 spiro atoms. The first-order valence-corrected chi connectivity index (χ1v) is 9.40. The van der Waals surface area contributed by atoms with E-state index in [1.165, 1.54) is 0 Å². The van der Waals surface area contributed by atoms with Gasteiger partial charge in [0, 0.05) is 12.8 Å². The van der Waals surface area contributed by atoms with Crippen LogP contribution in [-0.4, -0.2) is 24.6 Å². The number of rotatable bonds is 11. The molecule has 4 heteroatoms. The Hall–Kier alpha value is -1.06. The minimum atomic E-state index is -0.225. The predicted octanol–water partition coefficient (Wildman–Crippen LogP) is 5.14. The van der Waals surface area contributed by atoms with Gasteiger partial charge in [-0.2, -0.15) is 0 Å². The Labute approximate surface area is 148 Å². The Morgan fingerprint density at radius 1 is 1.00 bits per heavy atom. The smallest absolute Gasteiger partial charge is 0.306 e. The van der Waals surface area contributed by atoms with Crippen molar-refractivity contribution in [3.05, 3.63) is 0 Å². The summed E-state index contributed by atoms with van der Waals surface area (Å²) >= 11 is 0. The molecular formula is C20H38O4. The third-order valence-electron chi connectivity index (χ3n) is 3.85. The maximum absolute atomic E-state index is 11.9. The first kappa shape index (κ1) is 22.9. The molecule has 0 saturated heterocycles. The second kappa shape index (κ2) is 11.5. The Kier molecular flexibility index (Phi) is 11.0. The minimum absolute atomic E-state index is 0.0206. The van der Waals surface area contributed by atoms with E-state index in [0.717, 1.165) is 19.3 Å². The zero-order chi connectivity index (χ0) is 18.8. The number of carbonyl (C=O) groups excluding carboxylic acids is 2. The number of hydrogen-bond acceptors (Lipinski definition) is 4. The number of ether oxygens (including phenoxy) is 2. The molecule has 0 aliphatic heterocycles. The van der Waals surface area contributed by atoms with E-state index in [4.69, 9.17) is 9.47 Å². The van der Waals surface area contributed by atoms with Gasteiger partial charge in [0.1, 0.15) is 6.10 Å². The van der Waals surface area contributed by atoms with Crippen molar-refractivity contribution in [2.45, 2.75) is 93.1 Å². The highest BCUT2D eigenvalue weighted by molar-refractivity contribution is 5.72. The third kappa shape index (κ3) is 12.4. The van der Waals surface area contributed by atoms with Crippen LogP contribution in [0, 0.1) is 17.3 Å². The summed E-state index contributed by atoms with van der Waals surface area (Å²) in [6.07, 6.45) is 3.92. The zero-order valence-corrected chi connectivity index (χ0v) is 16.8. The molecule has 0 heterocycles. The molecular weight excluding hydrogens is 304 g/mol. The van der Waals surface area contributed by atoms with Gasteiger partial charge in [-0.05, 0) is 36.5 Å². The maximum atomic E-state index is 11.9. The average molecular weight is 343 g/mol. The molecule has 0 rings (SSSR count). The van der Waals surface area contributed by atoms with Gasteiger partial charge in [0.25, 0.3) is 0 Å². The summed E-state index contributed by atoms with van der Waals surface area (Å²) < 4.78 is 10.8. The quantitative estimate of drug-likeness (QED) is 0.488. The van der Waals surface area contributed by atoms with E-state index in [0.29, 0.717) is 24.9 Å². The van der Waals surface area contributed by atoms with E-state index in [1.807, 2.05) is 0 Å². The number of carbonyl (C=O) groups is 2. The van der Waals surface area contributed by atoms with Gasteiger partial charge in [-0.25, -0.2) is 0 Å². The Balaban J connectivity index is 3.93. The van der Waals surface area contributed by atoms with E-state index in [-0.39, 0.29) is 36.3 Å². The molecule has 2 unspecified atom stereocenters.